The summed E-state index contributed by atoms with van der Waals surface area (Å²) in [6, 6.07) is 0.297. The number of carbonyl (C=O) groups is 1. The van der Waals surface area contributed by atoms with Gasteiger partial charge in [-0.15, -0.1) is 0 Å². The molecule has 5 nitrogen and oxygen atoms in total. The first kappa shape index (κ1) is 11.3. The summed E-state index contributed by atoms with van der Waals surface area (Å²) in [5, 5.41) is 17.7. The van der Waals surface area contributed by atoms with Crippen LogP contribution < -0.4 is 0 Å². The molecule has 15 heavy (non-hydrogen) atoms. The third kappa shape index (κ3) is 1.86. The van der Waals surface area contributed by atoms with Gasteiger partial charge in [0.15, 0.2) is 0 Å². The quantitative estimate of drug-likeness (QED) is 0.486. The van der Waals surface area contributed by atoms with Gasteiger partial charge in [-0.3, -0.25) is 10.1 Å². The fourth-order valence-electron chi connectivity index (χ4n) is 0.927. The van der Waals surface area contributed by atoms with Gasteiger partial charge in [-0.2, -0.15) is 4.39 Å². The minimum atomic E-state index is -1.81. The van der Waals surface area contributed by atoms with E-state index in [-0.39, 0.29) is 0 Å². The second kappa shape index (κ2) is 3.77. The number of hydrogen-bond acceptors (Lipinski definition) is 3. The summed E-state index contributed by atoms with van der Waals surface area (Å²) in [5.74, 6) is -4.87. The van der Waals surface area contributed by atoms with E-state index in [9.17, 15) is 23.7 Å². The molecule has 0 aliphatic heterocycles. The zero-order valence-electron chi connectivity index (χ0n) is 6.83. The molecule has 0 bridgehead atoms. The number of nitro benzene ring substituents is 1. The molecule has 0 heterocycles. The van der Waals surface area contributed by atoms with Gasteiger partial charge in [-0.25, -0.2) is 9.18 Å². The Morgan fingerprint density at radius 3 is 2.47 bits per heavy atom. The molecule has 1 N–H and O–H groups in total. The van der Waals surface area contributed by atoms with Crippen LogP contribution in [0.25, 0.3) is 0 Å². The molecule has 0 spiro atoms. The number of carboxylic acids is 1. The molecule has 0 aliphatic rings. The highest BCUT2D eigenvalue weighted by Gasteiger charge is 2.29. The molecule has 80 valence electrons. The molecule has 0 atom stereocenters. The number of halogens is 3. The number of aromatic carboxylic acids is 1. The van der Waals surface area contributed by atoms with Crippen LogP contribution in [0.1, 0.15) is 10.4 Å². The van der Waals surface area contributed by atoms with Crippen LogP contribution >= 0.6 is 11.6 Å². The second-order valence-electron chi connectivity index (χ2n) is 2.44. The van der Waals surface area contributed by atoms with Gasteiger partial charge in [0.25, 0.3) is 0 Å². The summed E-state index contributed by atoms with van der Waals surface area (Å²) < 4.78 is 25.8. The molecule has 0 amide bonds. The number of benzene rings is 1. The van der Waals surface area contributed by atoms with Gasteiger partial charge in [-0.1, -0.05) is 11.6 Å². The number of rotatable bonds is 2. The maximum Gasteiger partial charge on any atom is 0.342 e. The van der Waals surface area contributed by atoms with Crippen LogP contribution in [0, 0.1) is 21.7 Å². The molecule has 0 fully saturated rings. The van der Waals surface area contributed by atoms with E-state index >= 15 is 0 Å². The van der Waals surface area contributed by atoms with Gasteiger partial charge in [0.1, 0.15) is 16.4 Å². The Morgan fingerprint density at radius 1 is 1.53 bits per heavy atom. The first-order chi connectivity index (χ1) is 6.86. The number of hydrogen-bond donors (Lipinski definition) is 1. The fourth-order valence-corrected chi connectivity index (χ4v) is 1.07. The summed E-state index contributed by atoms with van der Waals surface area (Å²) in [4.78, 5) is 19.5. The topological polar surface area (TPSA) is 80.4 Å². The van der Waals surface area contributed by atoms with Crippen LogP contribution in [0.4, 0.5) is 14.5 Å². The van der Waals surface area contributed by atoms with Gasteiger partial charge in [0, 0.05) is 0 Å². The van der Waals surface area contributed by atoms with Gasteiger partial charge >= 0.3 is 11.7 Å². The summed E-state index contributed by atoms with van der Waals surface area (Å²) in [6.07, 6.45) is 0. The Labute approximate surface area is 86.0 Å². The zero-order valence-corrected chi connectivity index (χ0v) is 7.59. The summed E-state index contributed by atoms with van der Waals surface area (Å²) in [5.41, 5.74) is -2.44. The first-order valence-electron chi connectivity index (χ1n) is 3.41. The molecular weight excluding hydrogens is 236 g/mol. The van der Waals surface area contributed by atoms with Crippen LogP contribution in [0.5, 0.6) is 0 Å². The van der Waals surface area contributed by atoms with Crippen molar-refractivity contribution in [2.75, 3.05) is 0 Å². The SMILES string of the molecule is O=C(O)c1cc(F)c(Cl)c(F)c1[N+](=O)[O-]. The number of carboxylic acid groups (broad SMARTS) is 1. The van der Waals surface area contributed by atoms with Crippen molar-refractivity contribution in [3.05, 3.63) is 38.4 Å². The van der Waals surface area contributed by atoms with Crippen molar-refractivity contribution >= 4 is 23.3 Å². The molecule has 0 aromatic heterocycles. The van der Waals surface area contributed by atoms with Crippen molar-refractivity contribution in [2.45, 2.75) is 0 Å². The molecule has 0 radical (unpaired) electrons. The van der Waals surface area contributed by atoms with E-state index in [1.54, 1.807) is 0 Å². The third-order valence-electron chi connectivity index (χ3n) is 1.55. The fraction of sp³-hybridized carbons (Fsp3) is 0. The summed E-state index contributed by atoms with van der Waals surface area (Å²) in [6.45, 7) is 0. The van der Waals surface area contributed by atoms with E-state index in [2.05, 4.69) is 0 Å². The zero-order chi connectivity index (χ0) is 11.7. The molecular formula is C7H2ClF2NO4. The van der Waals surface area contributed by atoms with Crippen molar-refractivity contribution in [1.82, 2.24) is 0 Å². The van der Waals surface area contributed by atoms with Crippen molar-refractivity contribution in [1.29, 1.82) is 0 Å². The lowest BCUT2D eigenvalue weighted by Crippen LogP contribution is -2.06. The second-order valence-corrected chi connectivity index (χ2v) is 2.82. The molecule has 8 heteroatoms. The van der Waals surface area contributed by atoms with Gasteiger partial charge in [0.2, 0.25) is 5.82 Å². The average molecular weight is 238 g/mol. The minimum Gasteiger partial charge on any atom is -0.477 e. The third-order valence-corrected chi connectivity index (χ3v) is 1.90. The highest BCUT2D eigenvalue weighted by molar-refractivity contribution is 6.31. The number of nitro groups is 1. The Kier molecular flexibility index (Phi) is 2.85. The Balaban J connectivity index is 3.65. The average Bonchev–Trinajstić information content (AvgIpc) is 2.12. The molecule has 0 aliphatic carbocycles. The van der Waals surface area contributed by atoms with E-state index < -0.39 is 38.8 Å². The lowest BCUT2D eigenvalue weighted by atomic mass is 10.1. The van der Waals surface area contributed by atoms with Crippen LogP contribution in [-0.2, 0) is 0 Å². The predicted molar refractivity (Wildman–Crippen MR) is 45.0 cm³/mol. The van der Waals surface area contributed by atoms with Crippen molar-refractivity contribution in [3.63, 3.8) is 0 Å². The Bertz CT molecular complexity index is 463. The standard InChI is InChI=1S/C7H2ClF2NO4/c8-4-3(9)1-2(7(12)13)6(5(4)10)11(14)15/h1H,(H,12,13). The predicted octanol–water partition coefficient (Wildman–Crippen LogP) is 2.22. The summed E-state index contributed by atoms with van der Waals surface area (Å²) in [7, 11) is 0. The highest BCUT2D eigenvalue weighted by Crippen LogP contribution is 2.30. The normalized spacial score (nSPS) is 10.1. The summed E-state index contributed by atoms with van der Waals surface area (Å²) >= 11 is 5.06. The van der Waals surface area contributed by atoms with Crippen LogP contribution in [-0.4, -0.2) is 16.0 Å². The van der Waals surface area contributed by atoms with Gasteiger partial charge < -0.3 is 5.11 Å². The van der Waals surface area contributed by atoms with E-state index in [1.165, 1.54) is 0 Å². The van der Waals surface area contributed by atoms with Crippen LogP contribution in [0.3, 0.4) is 0 Å². The molecule has 1 aromatic carbocycles. The Hall–Kier alpha value is -1.76. The van der Waals surface area contributed by atoms with Crippen molar-refractivity contribution in [3.8, 4) is 0 Å². The van der Waals surface area contributed by atoms with E-state index in [1.807, 2.05) is 0 Å². The largest absolute Gasteiger partial charge is 0.477 e. The van der Waals surface area contributed by atoms with Gasteiger partial charge in [0.05, 0.1) is 4.92 Å². The van der Waals surface area contributed by atoms with E-state index in [0.29, 0.717) is 6.07 Å². The van der Waals surface area contributed by atoms with Gasteiger partial charge in [-0.05, 0) is 6.07 Å². The van der Waals surface area contributed by atoms with Crippen molar-refractivity contribution in [2.24, 2.45) is 0 Å². The molecule has 0 saturated heterocycles. The first-order valence-corrected chi connectivity index (χ1v) is 3.79. The highest BCUT2D eigenvalue weighted by atomic mass is 35.5. The lowest BCUT2D eigenvalue weighted by molar-refractivity contribution is -0.387. The van der Waals surface area contributed by atoms with Crippen LogP contribution in [0.2, 0.25) is 5.02 Å². The van der Waals surface area contributed by atoms with E-state index in [4.69, 9.17) is 16.7 Å². The minimum absolute atomic E-state index is 0.297. The maximum atomic E-state index is 13.1. The van der Waals surface area contributed by atoms with Crippen LogP contribution in [0.15, 0.2) is 6.07 Å². The monoisotopic (exact) mass is 237 g/mol. The molecule has 0 unspecified atom stereocenters. The molecule has 1 rings (SSSR count). The van der Waals surface area contributed by atoms with Crippen molar-refractivity contribution < 1.29 is 23.6 Å². The lowest BCUT2D eigenvalue weighted by Gasteiger charge is -2.01. The maximum absolute atomic E-state index is 13.1. The Morgan fingerprint density at radius 2 is 2.07 bits per heavy atom. The smallest absolute Gasteiger partial charge is 0.342 e. The van der Waals surface area contributed by atoms with E-state index in [0.717, 1.165) is 0 Å². The number of nitrogens with zero attached hydrogens (tertiary/aromatic N) is 1. The molecule has 1 aromatic rings. The molecule has 0 saturated carbocycles.